The lowest BCUT2D eigenvalue weighted by atomic mass is 10.2. The first kappa shape index (κ1) is 14.7. The highest BCUT2D eigenvalue weighted by Crippen LogP contribution is 2.25. The first-order chi connectivity index (χ1) is 10.3. The van der Waals surface area contributed by atoms with Gasteiger partial charge in [0.1, 0.15) is 0 Å². The summed E-state index contributed by atoms with van der Waals surface area (Å²) in [5, 5.41) is 2.23. The monoisotopic (exact) mass is 301 g/mol. The van der Waals surface area contributed by atoms with E-state index in [1.54, 1.807) is 0 Å². The minimum absolute atomic E-state index is 1.08. The lowest BCUT2D eigenvalue weighted by Gasteiger charge is -2.20. The van der Waals surface area contributed by atoms with Gasteiger partial charge in [0.2, 0.25) is 0 Å². The first-order valence-corrected chi connectivity index (χ1v) is 8.66. The number of hydrogen-bond acceptors (Lipinski definition) is 4. The topological polar surface area (TPSA) is 19.4 Å². The maximum atomic E-state index is 4.43. The number of likely N-dealkylation sites (N-methyl/N-ethyl adjacent to an activating group) is 1. The number of rotatable bonds is 4. The Morgan fingerprint density at radius 2 is 2.00 bits per heavy atom. The van der Waals surface area contributed by atoms with Gasteiger partial charge >= 0.3 is 0 Å². The minimum Gasteiger partial charge on any atom is -0.302 e. The molecule has 0 radical (unpaired) electrons. The Morgan fingerprint density at radius 3 is 2.81 bits per heavy atom. The highest BCUT2D eigenvalue weighted by Gasteiger charge is 2.14. The van der Waals surface area contributed by atoms with Crippen LogP contribution in [0.3, 0.4) is 0 Å². The van der Waals surface area contributed by atoms with Crippen molar-refractivity contribution < 1.29 is 0 Å². The van der Waals surface area contributed by atoms with E-state index in [0.29, 0.717) is 0 Å². The molecule has 0 bridgehead atoms. The predicted molar refractivity (Wildman–Crippen MR) is 89.6 cm³/mol. The van der Waals surface area contributed by atoms with Crippen LogP contribution in [0, 0.1) is 0 Å². The van der Waals surface area contributed by atoms with Crippen molar-refractivity contribution in [1.29, 1.82) is 0 Å². The molecular formula is C17H23N3S. The van der Waals surface area contributed by atoms with Gasteiger partial charge in [-0.3, -0.25) is 9.88 Å². The number of aromatic nitrogens is 1. The highest BCUT2D eigenvalue weighted by atomic mass is 32.1. The van der Waals surface area contributed by atoms with Crippen LogP contribution in [0.15, 0.2) is 35.8 Å². The summed E-state index contributed by atoms with van der Waals surface area (Å²) < 4.78 is 0. The average Bonchev–Trinajstić information content (AvgIpc) is 2.87. The molecule has 112 valence electrons. The summed E-state index contributed by atoms with van der Waals surface area (Å²) in [6, 6.07) is 8.40. The maximum absolute atomic E-state index is 4.43. The molecule has 1 aliphatic heterocycles. The van der Waals surface area contributed by atoms with E-state index in [1.807, 2.05) is 29.7 Å². The van der Waals surface area contributed by atoms with Crippen molar-refractivity contribution in [2.24, 2.45) is 0 Å². The normalized spacial score (nSPS) is 17.8. The summed E-state index contributed by atoms with van der Waals surface area (Å²) in [5.74, 6) is 0. The summed E-state index contributed by atoms with van der Waals surface area (Å²) >= 11 is 1.86. The lowest BCUT2D eigenvalue weighted by molar-refractivity contribution is 0.259. The smallest absolute Gasteiger partial charge is 0.0710 e. The van der Waals surface area contributed by atoms with Crippen molar-refractivity contribution in [2.75, 3.05) is 32.7 Å². The molecule has 1 fully saturated rings. The van der Waals surface area contributed by atoms with E-state index in [9.17, 15) is 0 Å². The van der Waals surface area contributed by atoms with E-state index in [4.69, 9.17) is 0 Å². The van der Waals surface area contributed by atoms with E-state index in [-0.39, 0.29) is 0 Å². The zero-order valence-electron chi connectivity index (χ0n) is 12.7. The summed E-state index contributed by atoms with van der Waals surface area (Å²) in [6.07, 6.45) is 3.15. The fraction of sp³-hybridized carbons (Fsp3) is 0.471. The van der Waals surface area contributed by atoms with Crippen LogP contribution in [-0.2, 0) is 6.54 Å². The van der Waals surface area contributed by atoms with Crippen LogP contribution in [0.1, 0.15) is 18.2 Å². The molecule has 2 aromatic rings. The maximum Gasteiger partial charge on any atom is 0.0710 e. The van der Waals surface area contributed by atoms with Gasteiger partial charge in [-0.25, -0.2) is 0 Å². The number of pyridine rings is 1. The summed E-state index contributed by atoms with van der Waals surface area (Å²) in [6.45, 7) is 9.36. The first-order valence-electron chi connectivity index (χ1n) is 7.78. The molecule has 2 aromatic heterocycles. The molecule has 0 aliphatic carbocycles. The van der Waals surface area contributed by atoms with Gasteiger partial charge in [-0.2, -0.15) is 0 Å². The van der Waals surface area contributed by atoms with E-state index >= 15 is 0 Å². The fourth-order valence-corrected chi connectivity index (χ4v) is 3.77. The highest BCUT2D eigenvalue weighted by molar-refractivity contribution is 7.10. The van der Waals surface area contributed by atoms with Crippen molar-refractivity contribution in [3.05, 3.63) is 40.7 Å². The molecule has 3 rings (SSSR count). The van der Waals surface area contributed by atoms with E-state index in [1.165, 1.54) is 49.6 Å². The largest absolute Gasteiger partial charge is 0.302 e. The minimum atomic E-state index is 1.08. The van der Waals surface area contributed by atoms with Gasteiger partial charge in [-0.15, -0.1) is 11.3 Å². The van der Waals surface area contributed by atoms with Gasteiger partial charge in [0, 0.05) is 41.7 Å². The number of nitrogens with zero attached hydrogens (tertiary/aromatic N) is 3. The second-order valence-corrected chi connectivity index (χ2v) is 6.58. The van der Waals surface area contributed by atoms with Gasteiger partial charge in [-0.1, -0.05) is 13.0 Å². The molecule has 1 saturated heterocycles. The van der Waals surface area contributed by atoms with Gasteiger partial charge in [-0.05, 0) is 44.3 Å². The summed E-state index contributed by atoms with van der Waals surface area (Å²) in [7, 11) is 0. The van der Waals surface area contributed by atoms with Crippen molar-refractivity contribution >= 4 is 11.3 Å². The van der Waals surface area contributed by atoms with Crippen LogP contribution in [0.2, 0.25) is 0 Å². The SMILES string of the molecule is CCN1CCCN(Cc2cc(-c3ccccn3)cs2)CC1. The Hall–Kier alpha value is -1.23. The Labute approximate surface area is 131 Å². The van der Waals surface area contributed by atoms with Crippen LogP contribution in [0.4, 0.5) is 0 Å². The molecule has 0 aromatic carbocycles. The van der Waals surface area contributed by atoms with Gasteiger partial charge < -0.3 is 4.90 Å². The van der Waals surface area contributed by atoms with Crippen LogP contribution < -0.4 is 0 Å². The molecule has 21 heavy (non-hydrogen) atoms. The summed E-state index contributed by atoms with van der Waals surface area (Å²) in [4.78, 5) is 11.0. The molecule has 3 heterocycles. The molecule has 0 N–H and O–H groups in total. The molecule has 4 heteroatoms. The van der Waals surface area contributed by atoms with Crippen molar-refractivity contribution in [2.45, 2.75) is 19.9 Å². The third-order valence-corrected chi connectivity index (χ3v) is 5.04. The van der Waals surface area contributed by atoms with Crippen molar-refractivity contribution in [3.63, 3.8) is 0 Å². The van der Waals surface area contributed by atoms with Crippen LogP contribution in [-0.4, -0.2) is 47.5 Å². The lowest BCUT2D eigenvalue weighted by Crippen LogP contribution is -2.30. The number of thiophene rings is 1. The fourth-order valence-electron chi connectivity index (χ4n) is 2.85. The molecule has 0 saturated carbocycles. The molecule has 0 atom stereocenters. The third kappa shape index (κ3) is 3.90. The zero-order chi connectivity index (χ0) is 14.5. The Morgan fingerprint density at radius 1 is 1.14 bits per heavy atom. The van der Waals surface area contributed by atoms with Gasteiger partial charge in [0.25, 0.3) is 0 Å². The second kappa shape index (κ2) is 7.16. The second-order valence-electron chi connectivity index (χ2n) is 5.58. The van der Waals surface area contributed by atoms with Gasteiger partial charge in [0.05, 0.1) is 5.69 Å². The molecular weight excluding hydrogens is 278 g/mol. The molecule has 0 spiro atoms. The molecule has 0 unspecified atom stereocenters. The zero-order valence-corrected chi connectivity index (χ0v) is 13.5. The molecule has 0 amide bonds. The third-order valence-electron chi connectivity index (χ3n) is 4.12. The van der Waals surface area contributed by atoms with E-state index in [0.717, 1.165) is 12.2 Å². The van der Waals surface area contributed by atoms with Crippen LogP contribution in [0.5, 0.6) is 0 Å². The molecule has 1 aliphatic rings. The quantitative estimate of drug-likeness (QED) is 0.863. The Balaban J connectivity index is 1.62. The Bertz CT molecular complexity index is 552. The predicted octanol–water partition coefficient (Wildman–Crippen LogP) is 3.34. The Kier molecular flexibility index (Phi) is 5.01. The number of hydrogen-bond donors (Lipinski definition) is 0. The van der Waals surface area contributed by atoms with Crippen molar-refractivity contribution in [1.82, 2.24) is 14.8 Å². The van der Waals surface area contributed by atoms with E-state index in [2.05, 4.69) is 39.2 Å². The average molecular weight is 301 g/mol. The van der Waals surface area contributed by atoms with Crippen LogP contribution in [0.25, 0.3) is 11.3 Å². The van der Waals surface area contributed by atoms with Gasteiger partial charge in [0.15, 0.2) is 0 Å². The van der Waals surface area contributed by atoms with Crippen LogP contribution >= 0.6 is 11.3 Å². The standard InChI is InChI=1S/C17H23N3S/c1-2-19-8-5-9-20(11-10-19)13-16-12-15(14-21-16)17-6-3-4-7-18-17/h3-4,6-7,12,14H,2,5,8-11,13H2,1H3. The molecule has 3 nitrogen and oxygen atoms in total. The van der Waals surface area contributed by atoms with E-state index < -0.39 is 0 Å². The van der Waals surface area contributed by atoms with Crippen molar-refractivity contribution in [3.8, 4) is 11.3 Å². The summed E-state index contributed by atoms with van der Waals surface area (Å²) in [5.41, 5.74) is 2.33.